The van der Waals surface area contributed by atoms with Gasteiger partial charge >= 0.3 is 8.80 Å². The van der Waals surface area contributed by atoms with Crippen LogP contribution in [-0.2, 0) is 5.41 Å². The van der Waals surface area contributed by atoms with E-state index in [9.17, 15) is 0 Å². The van der Waals surface area contributed by atoms with E-state index >= 15 is 0 Å². The minimum absolute atomic E-state index is 0.131. The molecule has 0 aliphatic heterocycles. The highest BCUT2D eigenvalue weighted by molar-refractivity contribution is 6.61. The van der Waals surface area contributed by atoms with Gasteiger partial charge in [-0.2, -0.15) is 0 Å². The third-order valence-corrected chi connectivity index (χ3v) is 12.9. The lowest BCUT2D eigenvalue weighted by molar-refractivity contribution is 0.480. The average molecular weight is 484 g/mol. The lowest BCUT2D eigenvalue weighted by Gasteiger charge is -2.29. The van der Waals surface area contributed by atoms with E-state index in [0.29, 0.717) is 5.04 Å². The zero-order valence-corrected chi connectivity index (χ0v) is 24.3. The molecule has 0 spiro atoms. The zero-order valence-electron chi connectivity index (χ0n) is 23.3. The van der Waals surface area contributed by atoms with Crippen molar-refractivity contribution in [1.29, 1.82) is 0 Å². The quantitative estimate of drug-likeness (QED) is 0.220. The van der Waals surface area contributed by atoms with Gasteiger partial charge in [0, 0.05) is 5.41 Å². The molecule has 2 aromatic carbocycles. The van der Waals surface area contributed by atoms with Crippen molar-refractivity contribution in [2.24, 2.45) is 0 Å². The highest BCUT2D eigenvalue weighted by Crippen LogP contribution is 2.52. The highest BCUT2D eigenvalue weighted by atomic mass is 28.3. The fourth-order valence-electron chi connectivity index (χ4n) is 6.42. The summed E-state index contributed by atoms with van der Waals surface area (Å²) in [7, 11) is -0.353. The minimum Gasteiger partial charge on any atom is -0.0654 e. The molecule has 0 N–H and O–H groups in total. The smallest absolute Gasteiger partial charge is 0.0654 e. The largest absolute Gasteiger partial charge is 0.321 e. The summed E-state index contributed by atoms with van der Waals surface area (Å²) in [5.41, 5.74) is 10.8. The Morgan fingerprint density at radius 3 is 2.26 bits per heavy atom. The van der Waals surface area contributed by atoms with E-state index in [-0.39, 0.29) is 14.2 Å². The fraction of sp³-hybridized carbons (Fsp3) is 0.529. The molecule has 1 atom stereocenters. The SMILES string of the molecule is CCCCCCCCC1(C)c2ccccc2-c2ccc(C3=CC=C(C(C)(C)[Si+](C)CC)CC3)cc21. The fourth-order valence-corrected chi connectivity index (χ4v) is 8.06. The topological polar surface area (TPSA) is 0 Å². The van der Waals surface area contributed by atoms with Crippen LogP contribution >= 0.6 is 0 Å². The molecule has 2 aromatic rings. The van der Waals surface area contributed by atoms with Crippen LogP contribution in [0.15, 0.2) is 60.2 Å². The Kier molecular flexibility index (Phi) is 8.26. The van der Waals surface area contributed by atoms with Gasteiger partial charge < -0.3 is 0 Å². The van der Waals surface area contributed by atoms with Crippen LogP contribution in [-0.4, -0.2) is 8.80 Å². The summed E-state index contributed by atoms with van der Waals surface area (Å²) in [6, 6.07) is 17.9. The maximum absolute atomic E-state index is 2.56. The van der Waals surface area contributed by atoms with E-state index < -0.39 is 0 Å². The summed E-state index contributed by atoms with van der Waals surface area (Å²) in [5, 5.41) is 0.386. The van der Waals surface area contributed by atoms with Crippen molar-refractivity contribution in [3.05, 3.63) is 76.9 Å². The van der Waals surface area contributed by atoms with Gasteiger partial charge in [0.1, 0.15) is 5.04 Å². The van der Waals surface area contributed by atoms with Crippen LogP contribution in [0.4, 0.5) is 0 Å². The molecule has 0 aromatic heterocycles. The van der Waals surface area contributed by atoms with Crippen LogP contribution in [0, 0.1) is 0 Å². The Bertz CT molecular complexity index is 1090. The molecule has 0 amide bonds. The van der Waals surface area contributed by atoms with Gasteiger partial charge in [0.05, 0.1) is 12.6 Å². The molecule has 0 saturated carbocycles. The van der Waals surface area contributed by atoms with Crippen LogP contribution < -0.4 is 0 Å². The lowest BCUT2D eigenvalue weighted by Crippen LogP contribution is -2.26. The van der Waals surface area contributed by atoms with Crippen LogP contribution in [0.3, 0.4) is 0 Å². The van der Waals surface area contributed by atoms with Crippen LogP contribution in [0.25, 0.3) is 16.7 Å². The summed E-state index contributed by atoms with van der Waals surface area (Å²) in [4.78, 5) is 0. The second-order valence-electron chi connectivity index (χ2n) is 11.8. The molecule has 0 radical (unpaired) electrons. The van der Waals surface area contributed by atoms with Gasteiger partial charge in [-0.1, -0.05) is 101 Å². The molecule has 0 bridgehead atoms. The number of allylic oxidation sites excluding steroid dienone is 4. The van der Waals surface area contributed by atoms with E-state index in [0.717, 1.165) is 0 Å². The van der Waals surface area contributed by atoms with E-state index in [2.05, 4.69) is 95.8 Å². The molecule has 35 heavy (non-hydrogen) atoms. The second kappa shape index (κ2) is 11.0. The van der Waals surface area contributed by atoms with Crippen LogP contribution in [0.1, 0.15) is 109 Å². The monoisotopic (exact) mass is 483 g/mol. The molecule has 4 rings (SSSR count). The Morgan fingerprint density at radius 1 is 0.829 bits per heavy atom. The van der Waals surface area contributed by atoms with Crippen molar-refractivity contribution in [3.63, 3.8) is 0 Å². The first-order valence-electron chi connectivity index (χ1n) is 14.3. The van der Waals surface area contributed by atoms with Gasteiger partial charge in [0.2, 0.25) is 0 Å². The van der Waals surface area contributed by atoms with Crippen molar-refractivity contribution in [3.8, 4) is 11.1 Å². The molecule has 0 saturated heterocycles. The molecular formula is C34H47Si+. The Labute approximate surface area is 217 Å². The zero-order chi connectivity index (χ0) is 25.1. The first-order chi connectivity index (χ1) is 16.8. The molecule has 0 nitrogen and oxygen atoms in total. The lowest BCUT2D eigenvalue weighted by atomic mass is 9.75. The molecule has 2 aliphatic carbocycles. The van der Waals surface area contributed by atoms with Crippen molar-refractivity contribution < 1.29 is 0 Å². The second-order valence-corrected chi connectivity index (χ2v) is 15.3. The first kappa shape index (κ1) is 26.2. The third kappa shape index (κ3) is 5.17. The van der Waals surface area contributed by atoms with Crippen LogP contribution in [0.5, 0.6) is 0 Å². The van der Waals surface area contributed by atoms with Crippen molar-refractivity contribution in [1.82, 2.24) is 0 Å². The summed E-state index contributed by atoms with van der Waals surface area (Å²) < 4.78 is 0. The minimum atomic E-state index is -0.353. The molecule has 1 unspecified atom stereocenters. The summed E-state index contributed by atoms with van der Waals surface area (Å²) in [6.45, 7) is 14.7. The Balaban J connectivity index is 1.61. The van der Waals surface area contributed by atoms with Crippen LogP contribution in [0.2, 0.25) is 17.6 Å². The number of rotatable bonds is 11. The van der Waals surface area contributed by atoms with Crippen molar-refractivity contribution >= 4 is 14.4 Å². The first-order valence-corrected chi connectivity index (χ1v) is 16.5. The molecular weight excluding hydrogens is 436 g/mol. The van der Waals surface area contributed by atoms with Gasteiger partial charge in [0.15, 0.2) is 0 Å². The highest BCUT2D eigenvalue weighted by Gasteiger charge is 2.42. The van der Waals surface area contributed by atoms with Crippen molar-refractivity contribution in [2.75, 3.05) is 0 Å². The number of fused-ring (bicyclic) bond motifs is 3. The number of unbranched alkanes of at least 4 members (excludes halogenated alkanes) is 5. The predicted octanol–water partition coefficient (Wildman–Crippen LogP) is 10.8. The maximum Gasteiger partial charge on any atom is 0.321 e. The number of benzene rings is 2. The van der Waals surface area contributed by atoms with Gasteiger partial charge in [-0.05, 0) is 85.1 Å². The molecule has 0 heterocycles. The molecule has 2 aliphatic rings. The summed E-state index contributed by atoms with van der Waals surface area (Å²) in [6.07, 6.45) is 16.7. The average Bonchev–Trinajstić information content (AvgIpc) is 3.13. The molecule has 1 heteroatoms. The molecule has 0 fully saturated rings. The van der Waals surface area contributed by atoms with E-state index in [1.807, 2.05) is 0 Å². The molecule has 186 valence electrons. The summed E-state index contributed by atoms with van der Waals surface area (Å²) in [5.74, 6) is 0. The van der Waals surface area contributed by atoms with Gasteiger partial charge in [-0.15, -0.1) is 0 Å². The Morgan fingerprint density at radius 2 is 1.54 bits per heavy atom. The van der Waals surface area contributed by atoms with Gasteiger partial charge in [-0.3, -0.25) is 0 Å². The number of hydrogen-bond donors (Lipinski definition) is 0. The summed E-state index contributed by atoms with van der Waals surface area (Å²) >= 11 is 0. The van der Waals surface area contributed by atoms with E-state index in [1.165, 1.54) is 86.1 Å². The standard InChI is InChI=1S/C34H47Si/c1-7-9-10-11-12-15-24-34(5)31-17-14-13-16-29(31)30-23-20-27(25-32(30)34)26-18-21-28(22-19-26)33(3,4)35(6)8-2/h13-14,16-18,20-21,23,25H,7-12,15,19,22,24H2,1-6H3/q+1. The van der Waals surface area contributed by atoms with E-state index in [1.54, 1.807) is 16.7 Å². The number of hydrogen-bond acceptors (Lipinski definition) is 0. The van der Waals surface area contributed by atoms with Crippen molar-refractivity contribution in [2.45, 2.75) is 115 Å². The predicted molar refractivity (Wildman–Crippen MR) is 158 cm³/mol. The Hall–Kier alpha value is -1.86. The maximum atomic E-state index is 2.56. The van der Waals surface area contributed by atoms with Gasteiger partial charge in [-0.25, -0.2) is 0 Å². The van der Waals surface area contributed by atoms with E-state index in [4.69, 9.17) is 0 Å². The van der Waals surface area contributed by atoms with Gasteiger partial charge in [0.25, 0.3) is 0 Å². The third-order valence-electron chi connectivity index (χ3n) is 9.38. The normalized spacial score (nSPS) is 19.1.